The fourth-order valence-corrected chi connectivity index (χ4v) is 8.81. The Labute approximate surface area is 187 Å². The molecular weight excluding hydrogens is 386 g/mol. The fourth-order valence-electron chi connectivity index (χ4n) is 8.81. The third-order valence-electron chi connectivity index (χ3n) is 10.3. The van der Waals surface area contributed by atoms with Crippen LogP contribution in [0.2, 0.25) is 0 Å². The summed E-state index contributed by atoms with van der Waals surface area (Å²) in [6, 6.07) is 0.351. The Hall–Kier alpha value is -1.36. The van der Waals surface area contributed by atoms with E-state index in [9.17, 15) is 9.59 Å². The van der Waals surface area contributed by atoms with E-state index in [-0.39, 0.29) is 22.7 Å². The molecule has 31 heavy (non-hydrogen) atoms. The summed E-state index contributed by atoms with van der Waals surface area (Å²) in [6.07, 6.45) is 9.48. The minimum Gasteiger partial charge on any atom is -0.353 e. The minimum absolute atomic E-state index is 0.117. The van der Waals surface area contributed by atoms with Crippen LogP contribution >= 0.6 is 0 Å². The summed E-state index contributed by atoms with van der Waals surface area (Å²) >= 11 is 0. The second-order valence-corrected chi connectivity index (χ2v) is 11.8. The predicted octanol–water partition coefficient (Wildman–Crippen LogP) is 3.85. The summed E-state index contributed by atoms with van der Waals surface area (Å²) < 4.78 is 0. The van der Waals surface area contributed by atoms with Crippen molar-refractivity contribution in [1.29, 1.82) is 0 Å². The van der Waals surface area contributed by atoms with E-state index >= 15 is 0 Å². The maximum Gasteiger partial charge on any atom is 0.226 e. The van der Waals surface area contributed by atoms with Crippen LogP contribution in [0.1, 0.15) is 78.6 Å². The van der Waals surface area contributed by atoms with Gasteiger partial charge < -0.3 is 15.5 Å². The third kappa shape index (κ3) is 3.20. The van der Waals surface area contributed by atoms with Crippen LogP contribution in [0.3, 0.4) is 0 Å². The number of hydrogen-bond donors (Lipinski definition) is 2. The Bertz CT molecular complexity index is 800. The lowest BCUT2D eigenvalue weighted by atomic mass is 9.48. The molecule has 2 saturated carbocycles. The van der Waals surface area contributed by atoms with Crippen molar-refractivity contribution in [1.82, 2.24) is 15.5 Å². The Morgan fingerprint density at radius 3 is 2.55 bits per heavy atom. The van der Waals surface area contributed by atoms with Gasteiger partial charge in [0.1, 0.15) is 0 Å². The predicted molar refractivity (Wildman–Crippen MR) is 122 cm³/mol. The second-order valence-electron chi connectivity index (χ2n) is 11.8. The van der Waals surface area contributed by atoms with Crippen LogP contribution in [0.5, 0.6) is 0 Å². The first-order valence-electron chi connectivity index (χ1n) is 12.7. The second kappa shape index (κ2) is 7.60. The Balaban J connectivity index is 1.39. The van der Waals surface area contributed by atoms with Crippen molar-refractivity contribution in [2.24, 2.45) is 34.5 Å². The summed E-state index contributed by atoms with van der Waals surface area (Å²) in [6.45, 7) is 9.16. The number of nitrogens with one attached hydrogen (secondary N) is 2. The summed E-state index contributed by atoms with van der Waals surface area (Å²) in [5.74, 6) is 2.71. The monoisotopic (exact) mass is 427 g/mol. The number of piperidine rings is 2. The van der Waals surface area contributed by atoms with Gasteiger partial charge in [-0.1, -0.05) is 19.4 Å². The molecule has 5 nitrogen and oxygen atoms in total. The number of rotatable bonds is 2. The number of hydrogen-bond acceptors (Lipinski definition) is 3. The fraction of sp³-hybridized carbons (Fsp3) is 0.846. The van der Waals surface area contributed by atoms with Gasteiger partial charge >= 0.3 is 0 Å². The molecule has 5 rings (SSSR count). The molecule has 0 aromatic rings. The summed E-state index contributed by atoms with van der Waals surface area (Å²) in [7, 11) is 1.99. The molecule has 5 aliphatic rings. The number of fused-ring (bicyclic) bond motifs is 5. The molecule has 6 atom stereocenters. The standard InChI is InChI=1S/C26H41N3O2/c1-16-15-18-19-5-6-21(24(31)28-17-9-13-27-14-10-17)25(19,2)11-7-20(18)26(3)12-8-22(30)29(4)23(16)26/h17-21,27H,5-15H2,1-4H3,(H,28,31)/t18-,19-,20-,21+,25-,26+/m0/s1. The van der Waals surface area contributed by atoms with Gasteiger partial charge in [-0.25, -0.2) is 0 Å². The van der Waals surface area contributed by atoms with Crippen LogP contribution in [0, 0.1) is 34.5 Å². The topological polar surface area (TPSA) is 61.4 Å². The Morgan fingerprint density at radius 2 is 1.81 bits per heavy atom. The van der Waals surface area contributed by atoms with Gasteiger partial charge in [-0.05, 0) is 94.5 Å². The molecule has 2 amide bonds. The minimum atomic E-state index is 0.117. The normalized spacial score (nSPS) is 43.4. The molecule has 2 N–H and O–H groups in total. The van der Waals surface area contributed by atoms with Crippen molar-refractivity contribution >= 4 is 11.8 Å². The van der Waals surface area contributed by atoms with E-state index in [1.165, 1.54) is 24.1 Å². The Kier molecular flexibility index (Phi) is 5.27. The average Bonchev–Trinajstić information content (AvgIpc) is 3.09. The molecule has 0 unspecified atom stereocenters. The highest BCUT2D eigenvalue weighted by Crippen LogP contribution is 2.66. The highest BCUT2D eigenvalue weighted by molar-refractivity contribution is 5.81. The van der Waals surface area contributed by atoms with E-state index < -0.39 is 0 Å². The van der Waals surface area contributed by atoms with Crippen LogP contribution < -0.4 is 10.6 Å². The molecule has 0 bridgehead atoms. The van der Waals surface area contributed by atoms with Gasteiger partial charge in [-0.15, -0.1) is 0 Å². The number of carbonyl (C=O) groups is 2. The van der Waals surface area contributed by atoms with E-state index in [1.54, 1.807) is 0 Å². The van der Waals surface area contributed by atoms with Gasteiger partial charge in [0.15, 0.2) is 0 Å². The summed E-state index contributed by atoms with van der Waals surface area (Å²) in [5.41, 5.74) is 2.99. The molecule has 2 aliphatic heterocycles. The first-order chi connectivity index (χ1) is 14.8. The van der Waals surface area contributed by atoms with Crippen molar-refractivity contribution in [3.63, 3.8) is 0 Å². The van der Waals surface area contributed by atoms with Crippen LogP contribution in [-0.4, -0.2) is 42.9 Å². The summed E-state index contributed by atoms with van der Waals surface area (Å²) in [4.78, 5) is 27.8. The molecule has 4 fully saturated rings. The smallest absolute Gasteiger partial charge is 0.226 e. The van der Waals surface area contributed by atoms with Crippen molar-refractivity contribution in [2.75, 3.05) is 20.1 Å². The SMILES string of the molecule is CC1=C2N(C)C(=O)CC[C@]2(C)[C@H]2CC[C@]3(C)[C@@H](C(=O)NC4CCNCC4)CC[C@H]3[C@@H]2C1. The highest BCUT2D eigenvalue weighted by atomic mass is 16.2. The zero-order chi connectivity index (χ0) is 22.0. The van der Waals surface area contributed by atoms with Gasteiger partial charge in [-0.3, -0.25) is 9.59 Å². The molecule has 172 valence electrons. The van der Waals surface area contributed by atoms with Crippen molar-refractivity contribution in [3.05, 3.63) is 11.3 Å². The molecule has 5 heteroatoms. The van der Waals surface area contributed by atoms with Crippen LogP contribution in [0.4, 0.5) is 0 Å². The molecular formula is C26H41N3O2. The average molecular weight is 428 g/mol. The summed E-state index contributed by atoms with van der Waals surface area (Å²) in [5, 5.41) is 6.83. The maximum atomic E-state index is 13.4. The molecule has 2 heterocycles. The van der Waals surface area contributed by atoms with Gasteiger partial charge in [0.2, 0.25) is 11.8 Å². The lowest BCUT2D eigenvalue weighted by molar-refractivity contribution is -0.139. The van der Waals surface area contributed by atoms with Gasteiger partial charge in [0, 0.05) is 36.5 Å². The number of amides is 2. The van der Waals surface area contributed by atoms with Crippen LogP contribution in [-0.2, 0) is 9.59 Å². The van der Waals surface area contributed by atoms with Crippen molar-refractivity contribution in [3.8, 4) is 0 Å². The van der Waals surface area contributed by atoms with Crippen LogP contribution in [0.25, 0.3) is 0 Å². The van der Waals surface area contributed by atoms with E-state index in [0.29, 0.717) is 36.1 Å². The number of nitrogens with zero attached hydrogens (tertiary/aromatic N) is 1. The first kappa shape index (κ1) is 21.5. The molecule has 0 aromatic heterocycles. The number of carbonyl (C=O) groups excluding carboxylic acids is 2. The first-order valence-corrected chi connectivity index (χ1v) is 12.7. The highest BCUT2D eigenvalue weighted by Gasteiger charge is 2.61. The lowest BCUT2D eigenvalue weighted by Gasteiger charge is -2.59. The zero-order valence-corrected chi connectivity index (χ0v) is 19.9. The molecule has 3 aliphatic carbocycles. The van der Waals surface area contributed by atoms with Gasteiger partial charge in [0.05, 0.1) is 0 Å². The third-order valence-corrected chi connectivity index (χ3v) is 10.3. The van der Waals surface area contributed by atoms with Crippen molar-refractivity contribution in [2.45, 2.75) is 84.6 Å². The molecule has 2 saturated heterocycles. The van der Waals surface area contributed by atoms with Gasteiger partial charge in [-0.2, -0.15) is 0 Å². The van der Waals surface area contributed by atoms with Crippen LogP contribution in [0.15, 0.2) is 11.3 Å². The largest absolute Gasteiger partial charge is 0.353 e. The zero-order valence-electron chi connectivity index (χ0n) is 19.9. The lowest BCUT2D eigenvalue weighted by Crippen LogP contribution is -2.55. The van der Waals surface area contributed by atoms with Crippen molar-refractivity contribution < 1.29 is 9.59 Å². The van der Waals surface area contributed by atoms with E-state index in [4.69, 9.17) is 0 Å². The van der Waals surface area contributed by atoms with E-state index in [2.05, 4.69) is 31.4 Å². The van der Waals surface area contributed by atoms with E-state index in [0.717, 1.165) is 51.6 Å². The maximum absolute atomic E-state index is 13.4. The molecule has 0 aromatic carbocycles. The Morgan fingerprint density at radius 1 is 1.06 bits per heavy atom. The molecule has 0 radical (unpaired) electrons. The number of likely N-dealkylation sites (tertiary alicyclic amines) is 1. The number of allylic oxidation sites excluding steroid dienone is 2. The quantitative estimate of drug-likeness (QED) is 0.704. The molecule has 0 spiro atoms. The van der Waals surface area contributed by atoms with E-state index in [1.807, 2.05) is 11.9 Å². The van der Waals surface area contributed by atoms with Gasteiger partial charge in [0.25, 0.3) is 0 Å².